The first-order valence-electron chi connectivity index (χ1n) is 9.81. The molecule has 1 aliphatic heterocycles. The molecule has 1 amide bonds. The number of nitrogens with one attached hydrogen (secondary N) is 1. The van der Waals surface area contributed by atoms with Crippen molar-refractivity contribution in [2.45, 2.75) is 31.2 Å². The molecule has 0 bridgehead atoms. The minimum Gasteiger partial charge on any atom is -0.497 e. The van der Waals surface area contributed by atoms with E-state index in [1.54, 1.807) is 55.3 Å². The van der Waals surface area contributed by atoms with Gasteiger partial charge in [-0.2, -0.15) is 4.98 Å². The Kier molecular flexibility index (Phi) is 5.75. The van der Waals surface area contributed by atoms with Gasteiger partial charge in [-0.25, -0.2) is 13.1 Å². The maximum atomic E-state index is 12.7. The van der Waals surface area contributed by atoms with Gasteiger partial charge in [0, 0.05) is 24.2 Å². The van der Waals surface area contributed by atoms with Crippen molar-refractivity contribution in [1.82, 2.24) is 14.9 Å². The minimum absolute atomic E-state index is 0.0238. The molecule has 31 heavy (non-hydrogen) atoms. The molecule has 0 aliphatic carbocycles. The van der Waals surface area contributed by atoms with Crippen LogP contribution in [0.2, 0.25) is 0 Å². The van der Waals surface area contributed by atoms with Gasteiger partial charge in [-0.15, -0.1) is 0 Å². The fourth-order valence-corrected chi connectivity index (χ4v) is 4.47. The van der Waals surface area contributed by atoms with Crippen LogP contribution in [-0.2, 0) is 27.8 Å². The van der Waals surface area contributed by atoms with E-state index in [1.165, 1.54) is 6.07 Å². The number of anilines is 1. The van der Waals surface area contributed by atoms with Gasteiger partial charge in [-0.3, -0.25) is 4.79 Å². The predicted molar refractivity (Wildman–Crippen MR) is 113 cm³/mol. The van der Waals surface area contributed by atoms with Gasteiger partial charge in [-0.1, -0.05) is 24.2 Å². The largest absolute Gasteiger partial charge is 0.497 e. The third-order valence-electron chi connectivity index (χ3n) is 5.07. The Morgan fingerprint density at radius 1 is 1.26 bits per heavy atom. The molecule has 1 aromatic heterocycles. The third-order valence-corrected chi connectivity index (χ3v) is 6.47. The predicted octanol–water partition coefficient (Wildman–Crippen LogP) is 2.52. The number of nitrogens with zero attached hydrogens (tertiary/aromatic N) is 3. The Bertz CT molecular complexity index is 1220. The first-order chi connectivity index (χ1) is 14.9. The number of ether oxygens (including phenoxy) is 1. The number of amides is 1. The van der Waals surface area contributed by atoms with E-state index in [0.29, 0.717) is 36.5 Å². The van der Waals surface area contributed by atoms with E-state index in [2.05, 4.69) is 14.9 Å². The molecule has 2 aromatic carbocycles. The summed E-state index contributed by atoms with van der Waals surface area (Å²) in [5, 5.41) is 3.90. The summed E-state index contributed by atoms with van der Waals surface area (Å²) in [7, 11) is -2.23. The number of carbonyl (C=O) groups is 1. The molecular formula is C21H22N4O5S. The molecule has 10 heteroatoms. The highest BCUT2D eigenvalue weighted by atomic mass is 32.2. The standard InChI is InChI=1S/C21H22N4O5S/c1-3-20(26)25-10-9-14-12-17(7-8-18(14)25)31(27,28)22-13-19-23-21(24-30-19)15-5-4-6-16(11-15)29-2/h4-8,11-12,22H,3,9-10,13H2,1-2H3. The molecule has 4 rings (SSSR count). The molecule has 9 nitrogen and oxygen atoms in total. The topological polar surface area (TPSA) is 115 Å². The number of fused-ring (bicyclic) bond motifs is 1. The van der Waals surface area contributed by atoms with E-state index < -0.39 is 10.0 Å². The van der Waals surface area contributed by atoms with E-state index >= 15 is 0 Å². The SMILES string of the molecule is CCC(=O)N1CCc2cc(S(=O)(=O)NCc3nc(-c4cccc(OC)c4)no3)ccc21. The van der Waals surface area contributed by atoms with E-state index in [0.717, 1.165) is 11.3 Å². The molecule has 0 fully saturated rings. The van der Waals surface area contributed by atoms with Crippen LogP contribution < -0.4 is 14.4 Å². The molecule has 0 unspecified atom stereocenters. The quantitative estimate of drug-likeness (QED) is 0.598. The lowest BCUT2D eigenvalue weighted by atomic mass is 10.2. The van der Waals surface area contributed by atoms with E-state index in [-0.39, 0.29) is 23.2 Å². The van der Waals surface area contributed by atoms with Crippen molar-refractivity contribution in [2.75, 3.05) is 18.6 Å². The molecular weight excluding hydrogens is 420 g/mol. The first-order valence-corrected chi connectivity index (χ1v) is 11.3. The van der Waals surface area contributed by atoms with Crippen LogP contribution in [0.3, 0.4) is 0 Å². The first kappa shape index (κ1) is 21.0. The maximum absolute atomic E-state index is 12.7. The Balaban J connectivity index is 1.47. The second kappa shape index (κ2) is 8.48. The summed E-state index contributed by atoms with van der Waals surface area (Å²) in [4.78, 5) is 18.1. The van der Waals surface area contributed by atoms with Gasteiger partial charge in [0.1, 0.15) is 5.75 Å². The number of rotatable bonds is 7. The van der Waals surface area contributed by atoms with E-state index in [1.807, 2.05) is 0 Å². The molecule has 0 radical (unpaired) electrons. The summed E-state index contributed by atoms with van der Waals surface area (Å²) in [6.45, 7) is 2.23. The number of hydrogen-bond acceptors (Lipinski definition) is 7. The van der Waals surface area contributed by atoms with Gasteiger partial charge in [-0.05, 0) is 42.3 Å². The van der Waals surface area contributed by atoms with Gasteiger partial charge >= 0.3 is 0 Å². The number of sulfonamides is 1. The van der Waals surface area contributed by atoms with Crippen LogP contribution in [0, 0.1) is 0 Å². The Hall–Kier alpha value is -3.24. The molecule has 2 heterocycles. The van der Waals surface area contributed by atoms with Gasteiger partial charge in [0.25, 0.3) is 0 Å². The molecule has 0 atom stereocenters. The normalized spacial score (nSPS) is 13.3. The highest BCUT2D eigenvalue weighted by Crippen LogP contribution is 2.30. The summed E-state index contributed by atoms with van der Waals surface area (Å²) in [5.74, 6) is 1.16. The Morgan fingerprint density at radius 2 is 2.10 bits per heavy atom. The minimum atomic E-state index is -3.79. The number of benzene rings is 2. The van der Waals surface area contributed by atoms with Crippen LogP contribution in [0.15, 0.2) is 51.9 Å². The van der Waals surface area contributed by atoms with Crippen LogP contribution in [-0.4, -0.2) is 38.1 Å². The summed E-state index contributed by atoms with van der Waals surface area (Å²) in [5.41, 5.74) is 2.30. The van der Waals surface area contributed by atoms with E-state index in [4.69, 9.17) is 9.26 Å². The molecule has 0 saturated heterocycles. The van der Waals surface area contributed by atoms with Gasteiger partial charge in [0.05, 0.1) is 18.6 Å². The molecule has 1 N–H and O–H groups in total. The smallest absolute Gasteiger partial charge is 0.242 e. The van der Waals surface area contributed by atoms with Gasteiger partial charge in [0.15, 0.2) is 0 Å². The molecule has 1 aliphatic rings. The highest BCUT2D eigenvalue weighted by molar-refractivity contribution is 7.89. The van der Waals surface area contributed by atoms with Crippen LogP contribution in [0.25, 0.3) is 11.4 Å². The number of carbonyl (C=O) groups excluding carboxylic acids is 1. The lowest BCUT2D eigenvalue weighted by Crippen LogP contribution is -2.27. The summed E-state index contributed by atoms with van der Waals surface area (Å²) < 4.78 is 38.3. The molecule has 3 aromatic rings. The second-order valence-electron chi connectivity index (χ2n) is 7.01. The Morgan fingerprint density at radius 3 is 2.87 bits per heavy atom. The number of aromatic nitrogens is 2. The summed E-state index contributed by atoms with van der Waals surface area (Å²) >= 11 is 0. The highest BCUT2D eigenvalue weighted by Gasteiger charge is 2.26. The average Bonchev–Trinajstić information content (AvgIpc) is 3.44. The van der Waals surface area contributed by atoms with Crippen LogP contribution >= 0.6 is 0 Å². The lowest BCUT2D eigenvalue weighted by Gasteiger charge is -2.16. The van der Waals surface area contributed by atoms with Crippen molar-refractivity contribution in [3.63, 3.8) is 0 Å². The van der Waals surface area contributed by atoms with Crippen molar-refractivity contribution < 1.29 is 22.5 Å². The van der Waals surface area contributed by atoms with Crippen molar-refractivity contribution in [3.8, 4) is 17.1 Å². The summed E-state index contributed by atoms with van der Waals surface area (Å²) in [6.07, 6.45) is 1.03. The fourth-order valence-electron chi connectivity index (χ4n) is 3.44. The maximum Gasteiger partial charge on any atom is 0.242 e. The molecule has 0 spiro atoms. The van der Waals surface area contributed by atoms with Crippen molar-refractivity contribution >= 4 is 21.6 Å². The van der Waals surface area contributed by atoms with Gasteiger partial charge < -0.3 is 14.2 Å². The number of hydrogen-bond donors (Lipinski definition) is 1. The zero-order valence-corrected chi connectivity index (χ0v) is 18.0. The van der Waals surface area contributed by atoms with Crippen LogP contribution in [0.1, 0.15) is 24.8 Å². The zero-order valence-electron chi connectivity index (χ0n) is 17.2. The van der Waals surface area contributed by atoms with Crippen molar-refractivity contribution in [2.24, 2.45) is 0 Å². The van der Waals surface area contributed by atoms with Gasteiger partial charge in [0.2, 0.25) is 27.6 Å². The summed E-state index contributed by atoms with van der Waals surface area (Å²) in [6, 6.07) is 11.9. The average molecular weight is 442 g/mol. The monoisotopic (exact) mass is 442 g/mol. The van der Waals surface area contributed by atoms with Crippen LogP contribution in [0.4, 0.5) is 5.69 Å². The van der Waals surface area contributed by atoms with Crippen LogP contribution in [0.5, 0.6) is 5.75 Å². The second-order valence-corrected chi connectivity index (χ2v) is 8.77. The Labute approximate surface area is 180 Å². The number of methoxy groups -OCH3 is 1. The van der Waals surface area contributed by atoms with Crippen molar-refractivity contribution in [1.29, 1.82) is 0 Å². The van der Waals surface area contributed by atoms with E-state index in [9.17, 15) is 13.2 Å². The fraction of sp³-hybridized carbons (Fsp3) is 0.286. The van der Waals surface area contributed by atoms with Crippen molar-refractivity contribution in [3.05, 3.63) is 53.9 Å². The molecule has 0 saturated carbocycles. The third kappa shape index (κ3) is 4.30. The lowest BCUT2D eigenvalue weighted by molar-refractivity contribution is -0.118. The zero-order chi connectivity index (χ0) is 22.0. The molecule has 162 valence electrons.